The van der Waals surface area contributed by atoms with E-state index in [-0.39, 0.29) is 0 Å². The molecule has 19 heavy (non-hydrogen) atoms. The van der Waals surface area contributed by atoms with Crippen molar-refractivity contribution in [2.45, 2.75) is 32.4 Å². The van der Waals surface area contributed by atoms with Crippen molar-refractivity contribution in [3.05, 3.63) is 71.3 Å². The van der Waals surface area contributed by atoms with Gasteiger partial charge in [-0.1, -0.05) is 54.6 Å². The molecule has 0 amide bonds. The van der Waals surface area contributed by atoms with Crippen LogP contribution < -0.4 is 0 Å². The fourth-order valence-electron chi connectivity index (χ4n) is 3.00. The number of nitrogens with zero attached hydrogens (tertiary/aromatic N) is 1. The molecule has 0 N–H and O–H groups in total. The number of benzene rings is 2. The maximum Gasteiger partial charge on any atom is 0.0323 e. The van der Waals surface area contributed by atoms with Gasteiger partial charge in [-0.15, -0.1) is 0 Å². The van der Waals surface area contributed by atoms with E-state index in [0.29, 0.717) is 6.04 Å². The predicted octanol–water partition coefficient (Wildman–Crippen LogP) is 4.20. The zero-order valence-electron chi connectivity index (χ0n) is 11.5. The summed E-state index contributed by atoms with van der Waals surface area (Å²) >= 11 is 0. The Morgan fingerprint density at radius 3 is 2.37 bits per heavy atom. The molecule has 0 unspecified atom stereocenters. The summed E-state index contributed by atoms with van der Waals surface area (Å²) < 4.78 is 0. The molecule has 1 nitrogen and oxygen atoms in total. The molecule has 2 aromatic carbocycles. The smallest absolute Gasteiger partial charge is 0.0323 e. The van der Waals surface area contributed by atoms with Gasteiger partial charge in [-0.2, -0.15) is 0 Å². The van der Waals surface area contributed by atoms with Gasteiger partial charge < -0.3 is 0 Å². The molecule has 0 fully saturated rings. The van der Waals surface area contributed by atoms with Crippen LogP contribution in [0.1, 0.15) is 36.1 Å². The molecule has 0 aliphatic carbocycles. The van der Waals surface area contributed by atoms with E-state index in [1.807, 2.05) is 0 Å². The number of rotatable bonds is 2. The zero-order chi connectivity index (χ0) is 13.1. The van der Waals surface area contributed by atoms with Gasteiger partial charge in [0.15, 0.2) is 0 Å². The first kappa shape index (κ1) is 12.4. The lowest BCUT2D eigenvalue weighted by atomic mass is 10.0. The first-order valence-corrected chi connectivity index (χ1v) is 7.20. The van der Waals surface area contributed by atoms with Crippen LogP contribution in [0.5, 0.6) is 0 Å². The second-order valence-electron chi connectivity index (χ2n) is 5.43. The monoisotopic (exact) mass is 251 g/mol. The summed E-state index contributed by atoms with van der Waals surface area (Å²) in [5.74, 6) is 0. The highest BCUT2D eigenvalue weighted by atomic mass is 15.1. The van der Waals surface area contributed by atoms with Gasteiger partial charge in [0.1, 0.15) is 0 Å². The first-order valence-electron chi connectivity index (χ1n) is 7.20. The second-order valence-corrected chi connectivity index (χ2v) is 5.43. The zero-order valence-corrected chi connectivity index (χ0v) is 11.5. The lowest BCUT2D eigenvalue weighted by Gasteiger charge is -2.28. The molecule has 0 radical (unpaired) electrons. The highest BCUT2D eigenvalue weighted by Crippen LogP contribution is 2.26. The van der Waals surface area contributed by atoms with Crippen LogP contribution in [0, 0.1) is 0 Å². The van der Waals surface area contributed by atoms with Crippen LogP contribution >= 0.6 is 0 Å². The van der Waals surface area contributed by atoms with Gasteiger partial charge in [0.05, 0.1) is 0 Å². The van der Waals surface area contributed by atoms with E-state index >= 15 is 0 Å². The minimum atomic E-state index is 0.493. The van der Waals surface area contributed by atoms with Crippen molar-refractivity contribution in [3.8, 4) is 0 Å². The molecule has 0 spiro atoms. The van der Waals surface area contributed by atoms with Crippen molar-refractivity contribution >= 4 is 0 Å². The van der Waals surface area contributed by atoms with Gasteiger partial charge in [0.25, 0.3) is 0 Å². The maximum atomic E-state index is 2.60. The molecular formula is C18H21N. The molecular weight excluding hydrogens is 230 g/mol. The summed E-state index contributed by atoms with van der Waals surface area (Å²) in [6.07, 6.45) is 2.47. The molecule has 0 saturated carbocycles. The Morgan fingerprint density at radius 1 is 0.895 bits per heavy atom. The van der Waals surface area contributed by atoms with E-state index in [9.17, 15) is 0 Å². The average molecular weight is 251 g/mol. The highest BCUT2D eigenvalue weighted by Gasteiger charge is 2.19. The molecule has 0 aromatic heterocycles. The fourth-order valence-corrected chi connectivity index (χ4v) is 3.00. The maximum absolute atomic E-state index is 2.60. The molecule has 2 aromatic rings. The van der Waals surface area contributed by atoms with Gasteiger partial charge >= 0.3 is 0 Å². The predicted molar refractivity (Wildman–Crippen MR) is 80.0 cm³/mol. The van der Waals surface area contributed by atoms with Crippen molar-refractivity contribution in [1.82, 2.24) is 4.90 Å². The molecule has 0 bridgehead atoms. The van der Waals surface area contributed by atoms with Crippen molar-refractivity contribution in [2.24, 2.45) is 0 Å². The largest absolute Gasteiger partial charge is 0.292 e. The van der Waals surface area contributed by atoms with E-state index in [0.717, 1.165) is 6.54 Å². The summed E-state index contributed by atoms with van der Waals surface area (Å²) in [5.41, 5.74) is 4.45. The summed E-state index contributed by atoms with van der Waals surface area (Å²) in [6, 6.07) is 20.2. The van der Waals surface area contributed by atoms with Crippen LogP contribution in [0.25, 0.3) is 0 Å². The van der Waals surface area contributed by atoms with Crippen molar-refractivity contribution < 1.29 is 0 Å². The van der Waals surface area contributed by atoms with Crippen molar-refractivity contribution in [2.75, 3.05) is 6.54 Å². The van der Waals surface area contributed by atoms with E-state index in [4.69, 9.17) is 0 Å². The van der Waals surface area contributed by atoms with Crippen LogP contribution in [0.4, 0.5) is 0 Å². The van der Waals surface area contributed by atoms with E-state index < -0.39 is 0 Å². The summed E-state index contributed by atoms with van der Waals surface area (Å²) in [7, 11) is 0. The Balaban J connectivity index is 1.83. The Hall–Kier alpha value is -1.60. The van der Waals surface area contributed by atoms with Gasteiger partial charge in [-0.25, -0.2) is 0 Å². The highest BCUT2D eigenvalue weighted by molar-refractivity contribution is 5.28. The molecule has 1 aliphatic rings. The fraction of sp³-hybridized carbons (Fsp3) is 0.333. The van der Waals surface area contributed by atoms with Crippen LogP contribution in [0.2, 0.25) is 0 Å². The van der Waals surface area contributed by atoms with Gasteiger partial charge in [0, 0.05) is 12.6 Å². The minimum absolute atomic E-state index is 0.493. The number of hydrogen-bond donors (Lipinski definition) is 0. The van der Waals surface area contributed by atoms with E-state index in [2.05, 4.69) is 66.4 Å². The molecule has 3 rings (SSSR count). The minimum Gasteiger partial charge on any atom is -0.292 e. The lowest BCUT2D eigenvalue weighted by Crippen LogP contribution is -2.26. The third-order valence-corrected chi connectivity index (χ3v) is 4.21. The molecule has 1 aliphatic heterocycles. The normalized spacial score (nSPS) is 17.5. The molecule has 1 heteroatoms. The number of aryl methyl sites for hydroxylation is 1. The van der Waals surface area contributed by atoms with Crippen LogP contribution in [-0.4, -0.2) is 11.4 Å². The van der Waals surface area contributed by atoms with Crippen LogP contribution in [0.15, 0.2) is 54.6 Å². The third-order valence-electron chi connectivity index (χ3n) is 4.21. The second kappa shape index (κ2) is 5.58. The van der Waals surface area contributed by atoms with Crippen LogP contribution in [0.3, 0.4) is 0 Å². The SMILES string of the molecule is C[C@H](c1ccccc1)N1CCCc2ccccc2C1. The average Bonchev–Trinajstić information content (AvgIpc) is 2.69. The molecule has 98 valence electrons. The van der Waals surface area contributed by atoms with E-state index in [1.54, 1.807) is 0 Å². The van der Waals surface area contributed by atoms with Gasteiger partial charge in [-0.05, 0) is 43.0 Å². The standard InChI is InChI=1S/C18H21N/c1-15(16-8-3-2-4-9-16)19-13-7-12-17-10-5-6-11-18(17)14-19/h2-6,8-11,15H,7,12-14H2,1H3/t15-/m1/s1. The van der Waals surface area contributed by atoms with Crippen molar-refractivity contribution in [1.29, 1.82) is 0 Å². The van der Waals surface area contributed by atoms with Gasteiger partial charge in [-0.3, -0.25) is 4.90 Å². The van der Waals surface area contributed by atoms with Crippen LogP contribution in [-0.2, 0) is 13.0 Å². The topological polar surface area (TPSA) is 3.24 Å². The summed E-state index contributed by atoms with van der Waals surface area (Å²) in [6.45, 7) is 4.58. The molecule has 0 saturated heterocycles. The van der Waals surface area contributed by atoms with Gasteiger partial charge in [0.2, 0.25) is 0 Å². The number of hydrogen-bond acceptors (Lipinski definition) is 1. The third kappa shape index (κ3) is 2.71. The molecule has 1 atom stereocenters. The first-order chi connectivity index (χ1) is 9.34. The Kier molecular flexibility index (Phi) is 3.65. The number of fused-ring (bicyclic) bond motifs is 1. The summed E-state index contributed by atoms with van der Waals surface area (Å²) in [5, 5.41) is 0. The molecule has 1 heterocycles. The summed E-state index contributed by atoms with van der Waals surface area (Å²) in [4.78, 5) is 2.60. The Morgan fingerprint density at radius 2 is 1.58 bits per heavy atom. The Bertz CT molecular complexity index is 532. The lowest BCUT2D eigenvalue weighted by molar-refractivity contribution is 0.205. The van der Waals surface area contributed by atoms with E-state index in [1.165, 1.54) is 36.1 Å². The Labute approximate surface area is 115 Å². The van der Waals surface area contributed by atoms with Crippen molar-refractivity contribution in [3.63, 3.8) is 0 Å². The quantitative estimate of drug-likeness (QED) is 0.773.